The van der Waals surface area contributed by atoms with E-state index in [0.717, 1.165) is 22.2 Å². The van der Waals surface area contributed by atoms with Crippen molar-refractivity contribution in [3.8, 4) is 0 Å². The molecule has 0 aliphatic heterocycles. The monoisotopic (exact) mass is 420 g/mol. The Balaban J connectivity index is 2.21. The fourth-order valence-electron chi connectivity index (χ4n) is 3.11. The average molecular weight is 421 g/mol. The summed E-state index contributed by atoms with van der Waals surface area (Å²) in [7, 11) is -3.80. The molecule has 2 rings (SSSR count). The van der Waals surface area contributed by atoms with E-state index in [0.29, 0.717) is 0 Å². The van der Waals surface area contributed by atoms with Gasteiger partial charge in [-0.25, -0.2) is 12.8 Å². The van der Waals surface area contributed by atoms with Crippen LogP contribution < -0.4 is 9.62 Å². The molecular formula is C22H29FN2O3S. The van der Waals surface area contributed by atoms with Crippen LogP contribution in [0.2, 0.25) is 0 Å². The summed E-state index contributed by atoms with van der Waals surface area (Å²) in [5.74, 6) is -1.04. The zero-order chi connectivity index (χ0) is 22.0. The molecule has 7 heteroatoms. The van der Waals surface area contributed by atoms with Crippen LogP contribution in [0.5, 0.6) is 0 Å². The van der Waals surface area contributed by atoms with Crippen molar-refractivity contribution in [2.45, 2.75) is 52.1 Å². The molecule has 5 nitrogen and oxygen atoms in total. The Hall–Kier alpha value is -2.41. The summed E-state index contributed by atoms with van der Waals surface area (Å²) < 4.78 is 39.1. The highest BCUT2D eigenvalue weighted by Gasteiger charge is 2.30. The zero-order valence-corrected chi connectivity index (χ0v) is 18.5. The summed E-state index contributed by atoms with van der Waals surface area (Å²) in [4.78, 5) is 12.8. The summed E-state index contributed by atoms with van der Waals surface area (Å²) in [6.07, 6.45) is 0.996. The second-order valence-electron chi connectivity index (χ2n) is 8.32. The highest BCUT2D eigenvalue weighted by molar-refractivity contribution is 7.92. The van der Waals surface area contributed by atoms with Crippen LogP contribution in [0.3, 0.4) is 0 Å². The van der Waals surface area contributed by atoms with Gasteiger partial charge in [-0.15, -0.1) is 0 Å². The van der Waals surface area contributed by atoms with Crippen molar-refractivity contribution in [2.75, 3.05) is 10.6 Å². The lowest BCUT2D eigenvalue weighted by Gasteiger charge is -2.29. The quantitative estimate of drug-likeness (QED) is 0.763. The molecule has 0 fully saturated rings. The lowest BCUT2D eigenvalue weighted by atomic mass is 9.86. The van der Waals surface area contributed by atoms with Gasteiger partial charge in [0.05, 0.1) is 18.0 Å². The SMILES string of the molecule is CC(NC(=O)C(C)N(c1cccc(F)c1)S(C)(=O)=O)c1ccc(C(C)(C)C)cc1. The van der Waals surface area contributed by atoms with Gasteiger partial charge in [-0.1, -0.05) is 51.1 Å². The molecule has 0 saturated carbocycles. The number of nitrogens with zero attached hydrogens (tertiary/aromatic N) is 1. The van der Waals surface area contributed by atoms with Gasteiger partial charge in [0.2, 0.25) is 15.9 Å². The molecule has 29 heavy (non-hydrogen) atoms. The van der Waals surface area contributed by atoms with Crippen molar-refractivity contribution in [1.29, 1.82) is 0 Å². The molecule has 0 aliphatic rings. The van der Waals surface area contributed by atoms with Crippen LogP contribution in [0.4, 0.5) is 10.1 Å². The van der Waals surface area contributed by atoms with Crippen molar-refractivity contribution in [1.82, 2.24) is 5.32 Å². The third kappa shape index (κ3) is 5.79. The Morgan fingerprint density at radius 1 is 1.07 bits per heavy atom. The van der Waals surface area contributed by atoms with Crippen molar-refractivity contribution < 1.29 is 17.6 Å². The second kappa shape index (κ2) is 8.53. The molecule has 0 aromatic heterocycles. The molecule has 0 bridgehead atoms. The number of halogens is 1. The average Bonchev–Trinajstić information content (AvgIpc) is 2.60. The normalized spacial score (nSPS) is 14.2. The summed E-state index contributed by atoms with van der Waals surface area (Å²) in [5.41, 5.74) is 2.23. The molecule has 0 aliphatic carbocycles. The van der Waals surface area contributed by atoms with Crippen LogP contribution in [0.25, 0.3) is 0 Å². The number of amides is 1. The Morgan fingerprint density at radius 3 is 2.14 bits per heavy atom. The Bertz CT molecular complexity index is 966. The molecule has 158 valence electrons. The minimum absolute atomic E-state index is 0.0282. The maximum atomic E-state index is 13.6. The van der Waals surface area contributed by atoms with E-state index >= 15 is 0 Å². The summed E-state index contributed by atoms with van der Waals surface area (Å²) in [5, 5.41) is 2.85. The smallest absolute Gasteiger partial charge is 0.244 e. The second-order valence-corrected chi connectivity index (χ2v) is 10.2. The predicted molar refractivity (Wildman–Crippen MR) is 115 cm³/mol. The van der Waals surface area contributed by atoms with Gasteiger partial charge in [0.25, 0.3) is 0 Å². The summed E-state index contributed by atoms with van der Waals surface area (Å²) in [6, 6.07) is 11.8. The van der Waals surface area contributed by atoms with Gasteiger partial charge in [-0.3, -0.25) is 9.10 Å². The first-order valence-electron chi connectivity index (χ1n) is 9.46. The van der Waals surface area contributed by atoms with E-state index < -0.39 is 27.8 Å². The van der Waals surface area contributed by atoms with Crippen LogP contribution in [-0.2, 0) is 20.2 Å². The molecule has 2 unspecified atom stereocenters. The van der Waals surface area contributed by atoms with Crippen molar-refractivity contribution in [2.24, 2.45) is 0 Å². The minimum atomic E-state index is -3.80. The molecule has 0 heterocycles. The van der Waals surface area contributed by atoms with Gasteiger partial charge >= 0.3 is 0 Å². The van der Waals surface area contributed by atoms with E-state index in [9.17, 15) is 17.6 Å². The van der Waals surface area contributed by atoms with E-state index in [1.54, 1.807) is 0 Å². The lowest BCUT2D eigenvalue weighted by molar-refractivity contribution is -0.122. The van der Waals surface area contributed by atoms with Crippen LogP contribution in [0.15, 0.2) is 48.5 Å². The van der Waals surface area contributed by atoms with Crippen LogP contribution in [0.1, 0.15) is 51.8 Å². The number of hydrogen-bond donors (Lipinski definition) is 1. The van der Waals surface area contributed by atoms with E-state index in [2.05, 4.69) is 26.1 Å². The number of sulfonamides is 1. The van der Waals surface area contributed by atoms with Crippen molar-refractivity contribution in [3.63, 3.8) is 0 Å². The fourth-order valence-corrected chi connectivity index (χ4v) is 4.28. The Morgan fingerprint density at radius 2 is 1.66 bits per heavy atom. The number of anilines is 1. The van der Waals surface area contributed by atoms with Crippen LogP contribution in [-0.4, -0.2) is 26.6 Å². The topological polar surface area (TPSA) is 66.5 Å². The standard InChI is InChI=1S/C22H29FN2O3S/c1-15(17-10-12-18(13-11-17)22(3,4)5)24-21(26)16(2)25(29(6,27)28)20-9-7-8-19(23)14-20/h7-16H,1-6H3,(H,24,26). The first-order valence-corrected chi connectivity index (χ1v) is 11.3. The summed E-state index contributed by atoms with van der Waals surface area (Å²) >= 11 is 0. The molecule has 2 aromatic carbocycles. The number of benzene rings is 2. The number of carbonyl (C=O) groups is 1. The maximum absolute atomic E-state index is 13.6. The first-order chi connectivity index (χ1) is 13.3. The summed E-state index contributed by atoms with van der Waals surface area (Å²) in [6.45, 7) is 9.70. The number of nitrogens with one attached hydrogen (secondary N) is 1. The highest BCUT2D eigenvalue weighted by atomic mass is 32.2. The lowest BCUT2D eigenvalue weighted by Crippen LogP contribution is -2.48. The van der Waals surface area contributed by atoms with E-state index in [4.69, 9.17) is 0 Å². The first kappa shape index (κ1) is 22.9. The van der Waals surface area contributed by atoms with Gasteiger partial charge in [-0.2, -0.15) is 0 Å². The molecule has 1 amide bonds. The van der Waals surface area contributed by atoms with Gasteiger partial charge in [0, 0.05) is 0 Å². The van der Waals surface area contributed by atoms with Gasteiger partial charge < -0.3 is 5.32 Å². The predicted octanol–water partition coefficient (Wildman–Crippen LogP) is 4.16. The molecule has 0 radical (unpaired) electrons. The fraction of sp³-hybridized carbons (Fsp3) is 0.409. The van der Waals surface area contributed by atoms with Crippen LogP contribution >= 0.6 is 0 Å². The van der Waals surface area contributed by atoms with Gasteiger partial charge in [-0.05, 0) is 48.6 Å². The maximum Gasteiger partial charge on any atom is 0.244 e. The van der Waals surface area contributed by atoms with Crippen molar-refractivity contribution in [3.05, 3.63) is 65.5 Å². The van der Waals surface area contributed by atoms with E-state index in [1.807, 2.05) is 31.2 Å². The third-order valence-electron chi connectivity index (χ3n) is 4.79. The Kier molecular flexibility index (Phi) is 6.73. The number of hydrogen-bond acceptors (Lipinski definition) is 3. The minimum Gasteiger partial charge on any atom is -0.348 e. The number of carbonyl (C=O) groups excluding carboxylic acids is 1. The number of rotatable bonds is 6. The molecule has 0 spiro atoms. The molecule has 2 atom stereocenters. The largest absolute Gasteiger partial charge is 0.348 e. The van der Waals surface area contributed by atoms with Crippen molar-refractivity contribution >= 4 is 21.6 Å². The highest BCUT2D eigenvalue weighted by Crippen LogP contribution is 2.25. The molecule has 1 N–H and O–H groups in total. The molecule has 0 saturated heterocycles. The molecule has 2 aromatic rings. The Labute approximate surface area is 173 Å². The van der Waals surface area contributed by atoms with Gasteiger partial charge in [0.1, 0.15) is 11.9 Å². The van der Waals surface area contributed by atoms with E-state index in [-0.39, 0.29) is 17.1 Å². The third-order valence-corrected chi connectivity index (χ3v) is 6.03. The van der Waals surface area contributed by atoms with Crippen LogP contribution in [0, 0.1) is 5.82 Å². The van der Waals surface area contributed by atoms with Gasteiger partial charge in [0.15, 0.2) is 0 Å². The molecular weight excluding hydrogens is 391 g/mol. The van der Waals surface area contributed by atoms with E-state index in [1.165, 1.54) is 30.7 Å². The zero-order valence-electron chi connectivity index (χ0n) is 17.7.